The fourth-order valence-corrected chi connectivity index (χ4v) is 1.41. The molecule has 5 nitrogen and oxygen atoms in total. The summed E-state index contributed by atoms with van der Waals surface area (Å²) in [5, 5.41) is 8.99. The number of hydrogen-bond donors (Lipinski definition) is 2. The Morgan fingerprint density at radius 3 is 2.12 bits per heavy atom. The quantitative estimate of drug-likeness (QED) is 0.775. The summed E-state index contributed by atoms with van der Waals surface area (Å²) in [4.78, 5) is 11.0. The van der Waals surface area contributed by atoms with Crippen molar-refractivity contribution < 1.29 is 19.4 Å². The zero-order valence-electron chi connectivity index (χ0n) is 9.27. The smallest absolute Gasteiger partial charge is 0.312 e. The fraction of sp³-hybridized carbons (Fsp3) is 0.364. The van der Waals surface area contributed by atoms with E-state index in [2.05, 4.69) is 0 Å². The molecule has 0 spiro atoms. The van der Waals surface area contributed by atoms with E-state index in [0.29, 0.717) is 17.1 Å². The Morgan fingerprint density at radius 2 is 1.81 bits per heavy atom. The van der Waals surface area contributed by atoms with Crippen molar-refractivity contribution in [2.24, 2.45) is 5.73 Å². The predicted octanol–water partition coefficient (Wildman–Crippen LogP) is 0.831. The van der Waals surface area contributed by atoms with Crippen LogP contribution in [-0.2, 0) is 4.79 Å². The van der Waals surface area contributed by atoms with Crippen LogP contribution < -0.4 is 15.2 Å². The highest BCUT2D eigenvalue weighted by atomic mass is 16.5. The minimum absolute atomic E-state index is 0.0334. The molecule has 1 unspecified atom stereocenters. The van der Waals surface area contributed by atoms with E-state index < -0.39 is 11.9 Å². The highest BCUT2D eigenvalue weighted by Crippen LogP contribution is 2.27. The first-order valence-corrected chi connectivity index (χ1v) is 4.78. The average molecular weight is 225 g/mol. The summed E-state index contributed by atoms with van der Waals surface area (Å²) >= 11 is 0. The normalized spacial score (nSPS) is 11.9. The summed E-state index contributed by atoms with van der Waals surface area (Å²) in [5.41, 5.74) is 6.00. The third-order valence-electron chi connectivity index (χ3n) is 2.31. The van der Waals surface area contributed by atoms with E-state index in [9.17, 15) is 4.79 Å². The zero-order valence-corrected chi connectivity index (χ0v) is 9.27. The molecule has 0 saturated carbocycles. The zero-order chi connectivity index (χ0) is 12.1. The molecule has 1 atom stereocenters. The van der Waals surface area contributed by atoms with Gasteiger partial charge in [0.25, 0.3) is 0 Å². The summed E-state index contributed by atoms with van der Waals surface area (Å²) in [6, 6.07) is 4.97. The molecule has 0 amide bonds. The molecule has 3 N–H and O–H groups in total. The summed E-state index contributed by atoms with van der Waals surface area (Å²) in [6.45, 7) is 0.0334. The topological polar surface area (TPSA) is 81.8 Å². The molecule has 0 radical (unpaired) electrons. The largest absolute Gasteiger partial charge is 0.497 e. The summed E-state index contributed by atoms with van der Waals surface area (Å²) in [5.74, 6) is -0.607. The number of carboxylic acids is 1. The van der Waals surface area contributed by atoms with Crippen LogP contribution in [0.4, 0.5) is 0 Å². The Balaban J connectivity index is 3.15. The van der Waals surface area contributed by atoms with Crippen molar-refractivity contribution in [2.75, 3.05) is 20.8 Å². The lowest BCUT2D eigenvalue weighted by atomic mass is 9.99. The van der Waals surface area contributed by atoms with Gasteiger partial charge in [0, 0.05) is 12.6 Å². The van der Waals surface area contributed by atoms with Gasteiger partial charge in [-0.15, -0.1) is 0 Å². The fourth-order valence-electron chi connectivity index (χ4n) is 1.41. The second-order valence-corrected chi connectivity index (χ2v) is 3.27. The number of carbonyl (C=O) groups is 1. The van der Waals surface area contributed by atoms with Gasteiger partial charge in [0.1, 0.15) is 11.5 Å². The molecule has 0 aliphatic rings. The molecule has 88 valence electrons. The highest BCUT2D eigenvalue weighted by Gasteiger charge is 2.19. The summed E-state index contributed by atoms with van der Waals surface area (Å²) in [7, 11) is 3.02. The third kappa shape index (κ3) is 2.64. The van der Waals surface area contributed by atoms with Gasteiger partial charge < -0.3 is 20.3 Å². The van der Waals surface area contributed by atoms with Crippen molar-refractivity contribution in [1.29, 1.82) is 0 Å². The van der Waals surface area contributed by atoms with Gasteiger partial charge in [-0.05, 0) is 17.7 Å². The van der Waals surface area contributed by atoms with Gasteiger partial charge in [0.15, 0.2) is 0 Å². The van der Waals surface area contributed by atoms with Gasteiger partial charge in [0.05, 0.1) is 20.1 Å². The van der Waals surface area contributed by atoms with E-state index >= 15 is 0 Å². The molecule has 5 heteroatoms. The van der Waals surface area contributed by atoms with E-state index in [1.807, 2.05) is 0 Å². The molecule has 0 saturated heterocycles. The van der Waals surface area contributed by atoms with E-state index in [1.54, 1.807) is 18.2 Å². The summed E-state index contributed by atoms with van der Waals surface area (Å²) in [6.07, 6.45) is 0. The van der Waals surface area contributed by atoms with Crippen LogP contribution in [0.15, 0.2) is 18.2 Å². The predicted molar refractivity (Wildman–Crippen MR) is 59.0 cm³/mol. The van der Waals surface area contributed by atoms with E-state index in [-0.39, 0.29) is 6.54 Å². The van der Waals surface area contributed by atoms with Crippen LogP contribution in [0, 0.1) is 0 Å². The number of hydrogen-bond acceptors (Lipinski definition) is 4. The van der Waals surface area contributed by atoms with Crippen LogP contribution in [0.25, 0.3) is 0 Å². The monoisotopic (exact) mass is 225 g/mol. The summed E-state index contributed by atoms with van der Waals surface area (Å²) < 4.78 is 10.1. The molecule has 0 bridgehead atoms. The number of benzene rings is 1. The maximum atomic E-state index is 11.0. The molecule has 1 aromatic rings. The number of aliphatic carboxylic acids is 1. The number of ether oxygens (including phenoxy) is 2. The minimum Gasteiger partial charge on any atom is -0.497 e. The van der Waals surface area contributed by atoms with Gasteiger partial charge >= 0.3 is 5.97 Å². The first-order valence-electron chi connectivity index (χ1n) is 4.78. The Labute approximate surface area is 93.8 Å². The van der Waals surface area contributed by atoms with Crippen molar-refractivity contribution in [3.05, 3.63) is 23.8 Å². The van der Waals surface area contributed by atoms with Gasteiger partial charge in [0.2, 0.25) is 0 Å². The lowest BCUT2D eigenvalue weighted by molar-refractivity contribution is -0.138. The maximum absolute atomic E-state index is 11.0. The Hall–Kier alpha value is -1.75. The van der Waals surface area contributed by atoms with Crippen LogP contribution in [0.2, 0.25) is 0 Å². The molecular weight excluding hydrogens is 210 g/mol. The molecule has 1 rings (SSSR count). The number of rotatable bonds is 5. The molecule has 0 aliphatic carbocycles. The van der Waals surface area contributed by atoms with Crippen LogP contribution in [0.1, 0.15) is 11.5 Å². The van der Waals surface area contributed by atoms with Gasteiger partial charge in [-0.3, -0.25) is 4.79 Å². The van der Waals surface area contributed by atoms with E-state index in [4.69, 9.17) is 20.3 Å². The minimum atomic E-state index is -0.960. The molecule has 1 aromatic carbocycles. The molecular formula is C11H15NO4. The van der Waals surface area contributed by atoms with Crippen molar-refractivity contribution in [3.8, 4) is 11.5 Å². The highest BCUT2D eigenvalue weighted by molar-refractivity contribution is 5.76. The second-order valence-electron chi connectivity index (χ2n) is 3.27. The van der Waals surface area contributed by atoms with Gasteiger partial charge in [-0.1, -0.05) is 0 Å². The number of nitrogens with two attached hydrogens (primary N) is 1. The van der Waals surface area contributed by atoms with Crippen molar-refractivity contribution in [1.82, 2.24) is 0 Å². The standard InChI is InChI=1S/C11H15NO4/c1-15-8-3-7(4-9(5-8)16-2)10(6-12)11(13)14/h3-5,10H,6,12H2,1-2H3,(H,13,14). The Kier molecular flexibility index (Phi) is 4.13. The number of methoxy groups -OCH3 is 2. The lowest BCUT2D eigenvalue weighted by Gasteiger charge is -2.13. The van der Waals surface area contributed by atoms with Crippen molar-refractivity contribution >= 4 is 5.97 Å². The van der Waals surface area contributed by atoms with Crippen LogP contribution in [0.3, 0.4) is 0 Å². The van der Waals surface area contributed by atoms with Crippen molar-refractivity contribution in [3.63, 3.8) is 0 Å². The van der Waals surface area contributed by atoms with Crippen molar-refractivity contribution in [2.45, 2.75) is 5.92 Å². The molecule has 0 aromatic heterocycles. The van der Waals surface area contributed by atoms with Crippen LogP contribution in [-0.4, -0.2) is 31.8 Å². The first-order chi connectivity index (χ1) is 7.62. The molecule has 0 fully saturated rings. The second kappa shape index (κ2) is 5.37. The molecule has 0 aliphatic heterocycles. The Morgan fingerprint density at radius 1 is 1.31 bits per heavy atom. The van der Waals surface area contributed by atoms with Crippen LogP contribution in [0.5, 0.6) is 11.5 Å². The van der Waals surface area contributed by atoms with E-state index in [0.717, 1.165) is 0 Å². The maximum Gasteiger partial charge on any atom is 0.312 e. The Bertz CT molecular complexity index is 356. The number of carboxylic acid groups (broad SMARTS) is 1. The van der Waals surface area contributed by atoms with Crippen LogP contribution >= 0.6 is 0 Å². The molecule has 16 heavy (non-hydrogen) atoms. The van der Waals surface area contributed by atoms with E-state index in [1.165, 1.54) is 14.2 Å². The SMILES string of the molecule is COc1cc(OC)cc(C(CN)C(=O)O)c1. The first kappa shape index (κ1) is 12.3. The lowest BCUT2D eigenvalue weighted by Crippen LogP contribution is -2.21. The molecule has 0 heterocycles. The van der Waals surface area contributed by atoms with Gasteiger partial charge in [-0.25, -0.2) is 0 Å². The average Bonchev–Trinajstić information content (AvgIpc) is 2.29. The van der Waals surface area contributed by atoms with Gasteiger partial charge in [-0.2, -0.15) is 0 Å². The third-order valence-corrected chi connectivity index (χ3v) is 2.31.